The lowest BCUT2D eigenvalue weighted by molar-refractivity contribution is -0.123. The van der Waals surface area contributed by atoms with E-state index in [0.717, 1.165) is 70.3 Å². The SMILES string of the molecule is CCNC(=NCCCCN1CCC(C(N)=O)CC1)NC(C)CCCC(C)C. The maximum Gasteiger partial charge on any atom is 0.220 e. The van der Waals surface area contributed by atoms with Crippen molar-refractivity contribution >= 4 is 11.9 Å². The Balaban J connectivity index is 2.20. The summed E-state index contributed by atoms with van der Waals surface area (Å²) in [6.07, 6.45) is 7.80. The van der Waals surface area contributed by atoms with Gasteiger partial charge in [-0.25, -0.2) is 0 Å². The summed E-state index contributed by atoms with van der Waals surface area (Å²) in [5.74, 6) is 1.67. The van der Waals surface area contributed by atoms with Crippen LogP contribution in [0.1, 0.15) is 72.6 Å². The summed E-state index contributed by atoms with van der Waals surface area (Å²) in [4.78, 5) is 18.4. The van der Waals surface area contributed by atoms with Gasteiger partial charge in [-0.2, -0.15) is 0 Å². The summed E-state index contributed by atoms with van der Waals surface area (Å²) < 4.78 is 0. The lowest BCUT2D eigenvalue weighted by Crippen LogP contribution is -2.42. The second kappa shape index (κ2) is 13.8. The molecule has 158 valence electrons. The number of nitrogens with two attached hydrogens (primary N) is 1. The van der Waals surface area contributed by atoms with Crippen LogP contribution in [0.25, 0.3) is 0 Å². The van der Waals surface area contributed by atoms with E-state index in [1.54, 1.807) is 0 Å². The van der Waals surface area contributed by atoms with Gasteiger partial charge in [0, 0.05) is 25.0 Å². The fourth-order valence-electron chi connectivity index (χ4n) is 3.54. The van der Waals surface area contributed by atoms with E-state index in [1.807, 2.05) is 0 Å². The molecule has 1 aliphatic heterocycles. The number of aliphatic imine (C=N–C) groups is 1. The van der Waals surface area contributed by atoms with Crippen molar-refractivity contribution in [2.75, 3.05) is 32.7 Å². The van der Waals surface area contributed by atoms with Gasteiger partial charge >= 0.3 is 0 Å². The average molecular weight is 382 g/mol. The van der Waals surface area contributed by atoms with Crippen molar-refractivity contribution in [2.24, 2.45) is 22.6 Å². The first-order valence-corrected chi connectivity index (χ1v) is 11.0. The number of carbonyl (C=O) groups excluding carboxylic acids is 1. The Morgan fingerprint density at radius 2 is 1.85 bits per heavy atom. The van der Waals surface area contributed by atoms with Crippen LogP contribution in [-0.4, -0.2) is 55.5 Å². The predicted octanol–water partition coefficient (Wildman–Crippen LogP) is 2.73. The molecule has 4 N–H and O–H groups in total. The number of nitrogens with zero attached hydrogens (tertiary/aromatic N) is 2. The van der Waals surface area contributed by atoms with Crippen LogP contribution in [0.5, 0.6) is 0 Å². The molecule has 1 aliphatic rings. The normalized spacial score (nSPS) is 17.9. The van der Waals surface area contributed by atoms with Crippen molar-refractivity contribution in [2.45, 2.75) is 78.7 Å². The van der Waals surface area contributed by atoms with Gasteiger partial charge in [0.15, 0.2) is 5.96 Å². The van der Waals surface area contributed by atoms with Crippen molar-refractivity contribution < 1.29 is 4.79 Å². The number of hydrogen-bond donors (Lipinski definition) is 3. The first-order valence-electron chi connectivity index (χ1n) is 11.0. The van der Waals surface area contributed by atoms with E-state index >= 15 is 0 Å². The molecule has 6 nitrogen and oxygen atoms in total. The molecule has 1 saturated heterocycles. The van der Waals surface area contributed by atoms with Gasteiger partial charge in [-0.1, -0.05) is 26.7 Å². The molecule has 0 radical (unpaired) electrons. The number of unbranched alkanes of at least 4 members (excludes halogenated alkanes) is 1. The first-order chi connectivity index (χ1) is 12.9. The fraction of sp³-hybridized carbons (Fsp3) is 0.905. The van der Waals surface area contributed by atoms with Crippen LogP contribution in [0.15, 0.2) is 4.99 Å². The van der Waals surface area contributed by atoms with Crippen molar-refractivity contribution in [1.29, 1.82) is 0 Å². The molecule has 1 fully saturated rings. The molecular weight excluding hydrogens is 338 g/mol. The van der Waals surface area contributed by atoms with Crippen LogP contribution in [0.3, 0.4) is 0 Å². The van der Waals surface area contributed by atoms with Crippen LogP contribution in [-0.2, 0) is 4.79 Å². The number of rotatable bonds is 12. The molecule has 0 aromatic carbocycles. The molecule has 1 atom stereocenters. The molecule has 0 aliphatic carbocycles. The maximum absolute atomic E-state index is 11.2. The Morgan fingerprint density at radius 3 is 2.44 bits per heavy atom. The highest BCUT2D eigenvalue weighted by Gasteiger charge is 2.22. The highest BCUT2D eigenvalue weighted by atomic mass is 16.1. The lowest BCUT2D eigenvalue weighted by atomic mass is 9.96. The van der Waals surface area contributed by atoms with Crippen LogP contribution < -0.4 is 16.4 Å². The van der Waals surface area contributed by atoms with E-state index in [-0.39, 0.29) is 11.8 Å². The van der Waals surface area contributed by atoms with Gasteiger partial charge in [-0.3, -0.25) is 9.79 Å². The van der Waals surface area contributed by atoms with Gasteiger partial charge in [-0.05, 0) is 71.5 Å². The number of piperidine rings is 1. The molecule has 1 unspecified atom stereocenters. The van der Waals surface area contributed by atoms with Crippen LogP contribution in [0.2, 0.25) is 0 Å². The van der Waals surface area contributed by atoms with Crippen molar-refractivity contribution in [3.8, 4) is 0 Å². The van der Waals surface area contributed by atoms with Gasteiger partial charge in [0.25, 0.3) is 0 Å². The summed E-state index contributed by atoms with van der Waals surface area (Å²) in [5, 5.41) is 6.89. The van der Waals surface area contributed by atoms with E-state index in [0.29, 0.717) is 6.04 Å². The Morgan fingerprint density at radius 1 is 1.15 bits per heavy atom. The summed E-state index contributed by atoms with van der Waals surface area (Å²) in [5.41, 5.74) is 5.40. The minimum absolute atomic E-state index is 0.0853. The molecule has 0 spiro atoms. The van der Waals surface area contributed by atoms with Crippen LogP contribution in [0, 0.1) is 11.8 Å². The summed E-state index contributed by atoms with van der Waals surface area (Å²) in [6, 6.07) is 0.452. The number of likely N-dealkylation sites (tertiary alicyclic amines) is 1. The third-order valence-corrected chi connectivity index (χ3v) is 5.29. The second-order valence-corrected chi connectivity index (χ2v) is 8.36. The number of nitrogens with one attached hydrogen (secondary N) is 2. The van der Waals surface area contributed by atoms with E-state index in [9.17, 15) is 4.79 Å². The third kappa shape index (κ3) is 11.2. The topological polar surface area (TPSA) is 82.8 Å². The quantitative estimate of drug-likeness (QED) is 0.276. The van der Waals surface area contributed by atoms with Crippen molar-refractivity contribution in [3.63, 3.8) is 0 Å². The maximum atomic E-state index is 11.2. The standard InChI is InChI=1S/C21H43N5O/c1-5-23-21(25-18(4)10-8-9-17(2)3)24-13-6-7-14-26-15-11-19(12-16-26)20(22)27/h17-19H,5-16H2,1-4H3,(H2,22,27)(H2,23,24,25). The molecule has 0 bridgehead atoms. The number of hydrogen-bond acceptors (Lipinski definition) is 3. The van der Waals surface area contributed by atoms with Crippen LogP contribution >= 0.6 is 0 Å². The van der Waals surface area contributed by atoms with Gasteiger partial charge in [0.2, 0.25) is 5.91 Å². The van der Waals surface area contributed by atoms with Gasteiger partial charge in [-0.15, -0.1) is 0 Å². The van der Waals surface area contributed by atoms with Crippen molar-refractivity contribution in [1.82, 2.24) is 15.5 Å². The Hall–Kier alpha value is -1.30. The molecular formula is C21H43N5O. The smallest absolute Gasteiger partial charge is 0.220 e. The predicted molar refractivity (Wildman–Crippen MR) is 115 cm³/mol. The van der Waals surface area contributed by atoms with Gasteiger partial charge < -0.3 is 21.3 Å². The Bertz CT molecular complexity index is 430. The van der Waals surface area contributed by atoms with Gasteiger partial charge in [0.05, 0.1) is 0 Å². The molecule has 27 heavy (non-hydrogen) atoms. The van der Waals surface area contributed by atoms with E-state index in [2.05, 4.69) is 43.2 Å². The highest BCUT2D eigenvalue weighted by Crippen LogP contribution is 2.16. The zero-order valence-electron chi connectivity index (χ0n) is 18.1. The van der Waals surface area contributed by atoms with Gasteiger partial charge in [0.1, 0.15) is 0 Å². The Labute approximate surface area is 166 Å². The Kier molecular flexibility index (Phi) is 12.1. The molecule has 6 heteroatoms. The molecule has 1 rings (SSSR count). The van der Waals surface area contributed by atoms with Crippen LogP contribution in [0.4, 0.5) is 0 Å². The van der Waals surface area contributed by atoms with E-state index in [4.69, 9.17) is 10.7 Å². The summed E-state index contributed by atoms with van der Waals surface area (Å²) in [6.45, 7) is 13.7. The monoisotopic (exact) mass is 381 g/mol. The minimum atomic E-state index is -0.133. The molecule has 0 saturated carbocycles. The average Bonchev–Trinajstić information content (AvgIpc) is 2.61. The summed E-state index contributed by atoms with van der Waals surface area (Å²) in [7, 11) is 0. The minimum Gasteiger partial charge on any atom is -0.369 e. The molecule has 0 aromatic rings. The number of guanidine groups is 1. The molecule has 0 aromatic heterocycles. The highest BCUT2D eigenvalue weighted by molar-refractivity contribution is 5.80. The number of primary amides is 1. The largest absolute Gasteiger partial charge is 0.369 e. The van der Waals surface area contributed by atoms with Crippen molar-refractivity contribution in [3.05, 3.63) is 0 Å². The number of amides is 1. The molecule has 1 amide bonds. The zero-order chi connectivity index (χ0) is 20.1. The van der Waals surface area contributed by atoms with E-state index in [1.165, 1.54) is 19.3 Å². The number of carbonyl (C=O) groups is 1. The molecule has 1 heterocycles. The van der Waals surface area contributed by atoms with E-state index < -0.39 is 0 Å². The fourth-order valence-corrected chi connectivity index (χ4v) is 3.54. The summed E-state index contributed by atoms with van der Waals surface area (Å²) >= 11 is 0. The second-order valence-electron chi connectivity index (χ2n) is 8.36. The zero-order valence-corrected chi connectivity index (χ0v) is 18.1. The third-order valence-electron chi connectivity index (χ3n) is 5.29. The first kappa shape index (κ1) is 23.7. The lowest BCUT2D eigenvalue weighted by Gasteiger charge is -2.30.